The van der Waals surface area contributed by atoms with Gasteiger partial charge in [-0.05, 0) is 25.9 Å². The van der Waals surface area contributed by atoms with E-state index in [1.807, 2.05) is 0 Å². The van der Waals surface area contributed by atoms with Gasteiger partial charge in [-0.15, -0.1) is 0 Å². The van der Waals surface area contributed by atoms with Crippen LogP contribution in [0.15, 0.2) is 12.5 Å². The van der Waals surface area contributed by atoms with Gasteiger partial charge in [-0.2, -0.15) is 0 Å². The smallest absolute Gasteiger partial charge is 0.323 e. The van der Waals surface area contributed by atoms with Crippen molar-refractivity contribution in [2.24, 2.45) is 5.73 Å². The molecule has 0 saturated carbocycles. The number of nitrogens with two attached hydrogens (primary N) is 1. The minimum Gasteiger partial charge on any atom is -0.462 e. The number of H-pyrrole nitrogens is 1. The second-order valence-electron chi connectivity index (χ2n) is 13.9. The van der Waals surface area contributed by atoms with Crippen LogP contribution >= 0.6 is 0 Å². The number of ether oxygens (including phenoxy) is 3. The summed E-state index contributed by atoms with van der Waals surface area (Å²) >= 11 is 0. The fourth-order valence-corrected chi connectivity index (χ4v) is 6.23. The molecule has 1 heterocycles. The Morgan fingerprint density at radius 2 is 1.04 bits per heavy atom. The summed E-state index contributed by atoms with van der Waals surface area (Å²) in [7, 11) is 0. The number of unbranched alkanes of at least 4 members (excludes halogenated alkanes) is 22. The summed E-state index contributed by atoms with van der Waals surface area (Å²) in [5.41, 5.74) is 6.72. The molecule has 0 spiro atoms. The van der Waals surface area contributed by atoms with E-state index >= 15 is 0 Å². The third kappa shape index (κ3) is 29.4. The van der Waals surface area contributed by atoms with Crippen molar-refractivity contribution in [3.63, 3.8) is 0 Å². The normalized spacial score (nSPS) is 12.2. The lowest BCUT2D eigenvalue weighted by Gasteiger charge is -2.22. The third-order valence-corrected chi connectivity index (χ3v) is 9.35. The molecule has 0 radical (unpaired) electrons. The van der Waals surface area contributed by atoms with E-state index in [0.717, 1.165) is 18.8 Å². The van der Waals surface area contributed by atoms with E-state index in [4.69, 9.17) is 19.9 Å². The zero-order valence-corrected chi connectivity index (χ0v) is 31.7. The van der Waals surface area contributed by atoms with Gasteiger partial charge in [-0.3, -0.25) is 4.79 Å². The Labute approximate surface area is 296 Å². The maximum atomic E-state index is 12.0. The Kier molecular flexibility index (Phi) is 32.8. The van der Waals surface area contributed by atoms with Crippen molar-refractivity contribution in [2.75, 3.05) is 52.7 Å². The molecule has 0 aliphatic heterocycles. The number of hydrogen-bond donors (Lipinski definition) is 2. The molecule has 0 saturated heterocycles. The Balaban J connectivity index is 2.12. The maximum Gasteiger partial charge on any atom is 0.323 e. The topological polar surface area (TPSA) is 103 Å². The molecular formula is C40H78N4O4. The van der Waals surface area contributed by atoms with Crippen LogP contribution in [-0.2, 0) is 25.4 Å². The molecule has 1 aromatic heterocycles. The molecule has 8 heteroatoms. The van der Waals surface area contributed by atoms with Crippen molar-refractivity contribution in [2.45, 2.75) is 180 Å². The van der Waals surface area contributed by atoms with E-state index in [1.54, 1.807) is 12.5 Å². The van der Waals surface area contributed by atoms with Crippen LogP contribution in [0, 0.1) is 0 Å². The molecule has 8 nitrogen and oxygen atoms in total. The van der Waals surface area contributed by atoms with E-state index in [9.17, 15) is 4.79 Å². The van der Waals surface area contributed by atoms with E-state index in [0.29, 0.717) is 26.2 Å². The summed E-state index contributed by atoms with van der Waals surface area (Å²) in [6.07, 6.45) is 37.0. The highest BCUT2D eigenvalue weighted by Gasteiger charge is 2.16. The van der Waals surface area contributed by atoms with Crippen LogP contribution in [0.3, 0.4) is 0 Å². The van der Waals surface area contributed by atoms with Crippen molar-refractivity contribution in [1.29, 1.82) is 0 Å². The molecule has 0 aliphatic rings. The molecule has 1 aromatic rings. The van der Waals surface area contributed by atoms with Gasteiger partial charge in [0.1, 0.15) is 12.6 Å². The number of aromatic amines is 1. The fourth-order valence-electron chi connectivity index (χ4n) is 6.23. The van der Waals surface area contributed by atoms with Crippen molar-refractivity contribution < 1.29 is 19.0 Å². The highest BCUT2D eigenvalue weighted by Crippen LogP contribution is 2.14. The van der Waals surface area contributed by atoms with E-state index in [-0.39, 0.29) is 6.61 Å². The van der Waals surface area contributed by atoms with Gasteiger partial charge in [0.2, 0.25) is 0 Å². The number of nitrogens with one attached hydrogen (secondary N) is 1. The van der Waals surface area contributed by atoms with Gasteiger partial charge in [0.15, 0.2) is 0 Å². The average molecular weight is 679 g/mol. The van der Waals surface area contributed by atoms with Gasteiger partial charge in [-0.1, -0.05) is 155 Å². The van der Waals surface area contributed by atoms with Crippen LogP contribution < -0.4 is 5.73 Å². The highest BCUT2D eigenvalue weighted by atomic mass is 16.6. The molecule has 282 valence electrons. The first-order valence-corrected chi connectivity index (χ1v) is 20.4. The Hall–Kier alpha value is -1.48. The first kappa shape index (κ1) is 44.5. The van der Waals surface area contributed by atoms with Crippen LogP contribution in [0.25, 0.3) is 0 Å². The summed E-state index contributed by atoms with van der Waals surface area (Å²) in [6, 6.07) is -0.707. The lowest BCUT2D eigenvalue weighted by Crippen LogP contribution is -2.35. The predicted octanol–water partition coefficient (Wildman–Crippen LogP) is 9.56. The highest BCUT2D eigenvalue weighted by molar-refractivity contribution is 5.75. The third-order valence-electron chi connectivity index (χ3n) is 9.35. The molecule has 3 N–H and O–H groups in total. The summed E-state index contributed by atoms with van der Waals surface area (Å²) in [6.45, 7) is 10.3. The van der Waals surface area contributed by atoms with Crippen molar-refractivity contribution >= 4 is 5.97 Å². The number of imidazole rings is 1. The van der Waals surface area contributed by atoms with Crippen molar-refractivity contribution in [3.8, 4) is 0 Å². The molecule has 1 atom stereocenters. The van der Waals surface area contributed by atoms with Gasteiger partial charge in [0.25, 0.3) is 0 Å². The van der Waals surface area contributed by atoms with E-state index in [2.05, 4.69) is 28.7 Å². The number of nitrogens with zero attached hydrogens (tertiary/aromatic N) is 2. The number of aromatic nitrogens is 2. The molecule has 48 heavy (non-hydrogen) atoms. The lowest BCUT2D eigenvalue weighted by atomic mass is 10.0. The Morgan fingerprint density at radius 3 is 1.48 bits per heavy atom. The Bertz CT molecular complexity index is 751. The minimum atomic E-state index is -0.707. The predicted molar refractivity (Wildman–Crippen MR) is 201 cm³/mol. The van der Waals surface area contributed by atoms with Gasteiger partial charge in [0.05, 0.1) is 32.8 Å². The monoisotopic (exact) mass is 679 g/mol. The minimum absolute atomic E-state index is 0.196. The molecule has 0 aliphatic carbocycles. The first-order valence-electron chi connectivity index (χ1n) is 20.4. The van der Waals surface area contributed by atoms with Crippen molar-refractivity contribution in [1.82, 2.24) is 14.9 Å². The molecule has 0 aromatic carbocycles. The maximum absolute atomic E-state index is 12.0. The fraction of sp³-hybridized carbons (Fsp3) is 0.900. The zero-order valence-electron chi connectivity index (χ0n) is 31.7. The average Bonchev–Trinajstić information content (AvgIpc) is 3.61. The number of carbonyl (C=O) groups is 1. The van der Waals surface area contributed by atoms with Crippen LogP contribution in [0.5, 0.6) is 0 Å². The second-order valence-corrected chi connectivity index (χ2v) is 13.9. The van der Waals surface area contributed by atoms with Gasteiger partial charge in [0, 0.05) is 24.9 Å². The molecule has 0 amide bonds. The van der Waals surface area contributed by atoms with Crippen LogP contribution in [-0.4, -0.2) is 79.5 Å². The van der Waals surface area contributed by atoms with Gasteiger partial charge < -0.3 is 29.8 Å². The molecule has 0 bridgehead atoms. The summed E-state index contributed by atoms with van der Waals surface area (Å²) in [5.74, 6) is -0.425. The molecule has 0 fully saturated rings. The molecular weight excluding hydrogens is 600 g/mol. The quantitative estimate of drug-likeness (QED) is 0.0530. The van der Waals surface area contributed by atoms with E-state index in [1.165, 1.54) is 167 Å². The Morgan fingerprint density at radius 1 is 0.625 bits per heavy atom. The number of hydrogen-bond acceptors (Lipinski definition) is 7. The van der Waals surface area contributed by atoms with E-state index < -0.39 is 12.0 Å². The summed E-state index contributed by atoms with van der Waals surface area (Å²) in [4.78, 5) is 21.6. The number of esters is 1. The standard InChI is InChI=1S/C40H78N4O4/c1-3-5-7-9-11-13-15-17-19-21-23-25-27-44(28-26-24-22-20-18-16-14-12-10-8-6-4-2)29-30-46-31-32-47-33-34-48-40(45)39(41)35-38-36-42-37-43-38/h36-37,39H,3-35,41H2,1-2H3,(H,42,43). The zero-order chi connectivity index (χ0) is 34.6. The lowest BCUT2D eigenvalue weighted by molar-refractivity contribution is -0.146. The van der Waals surface area contributed by atoms with Gasteiger partial charge >= 0.3 is 5.97 Å². The van der Waals surface area contributed by atoms with Crippen LogP contribution in [0.4, 0.5) is 0 Å². The van der Waals surface area contributed by atoms with Crippen LogP contribution in [0.1, 0.15) is 174 Å². The SMILES string of the molecule is CCCCCCCCCCCCCCN(CCCCCCCCCCCCCC)CCOCCOCCOC(=O)C(N)Cc1cnc[nH]1. The molecule has 1 rings (SSSR count). The largest absolute Gasteiger partial charge is 0.462 e. The number of carbonyl (C=O) groups excluding carboxylic acids is 1. The summed E-state index contributed by atoms with van der Waals surface area (Å²) < 4.78 is 16.7. The van der Waals surface area contributed by atoms with Crippen LogP contribution in [0.2, 0.25) is 0 Å². The number of rotatable bonds is 38. The molecule has 1 unspecified atom stereocenters. The van der Waals surface area contributed by atoms with Crippen molar-refractivity contribution in [3.05, 3.63) is 18.2 Å². The first-order chi connectivity index (χ1) is 23.7. The summed E-state index contributed by atoms with van der Waals surface area (Å²) in [5, 5.41) is 0. The second kappa shape index (κ2) is 35.3. The van der Waals surface area contributed by atoms with Gasteiger partial charge in [-0.25, -0.2) is 4.98 Å².